The van der Waals surface area contributed by atoms with E-state index in [9.17, 15) is 9.90 Å². The van der Waals surface area contributed by atoms with Gasteiger partial charge in [0, 0.05) is 17.5 Å². The number of carbonyl (C=O) groups is 1. The summed E-state index contributed by atoms with van der Waals surface area (Å²) >= 11 is 1.56. The van der Waals surface area contributed by atoms with Crippen molar-refractivity contribution < 1.29 is 19.1 Å². The normalized spacial score (nSPS) is 17.1. The molecule has 4 aromatic rings. The second-order valence-electron chi connectivity index (χ2n) is 9.48. The van der Waals surface area contributed by atoms with Gasteiger partial charge in [0.25, 0.3) is 0 Å². The first-order valence-electron chi connectivity index (χ1n) is 12.4. The van der Waals surface area contributed by atoms with Gasteiger partial charge in [-0.1, -0.05) is 19.1 Å². The predicted molar refractivity (Wildman–Crippen MR) is 149 cm³/mol. The van der Waals surface area contributed by atoms with Gasteiger partial charge in [-0.05, 0) is 85.7 Å². The Balaban J connectivity index is 0.00000320. The zero-order chi connectivity index (χ0) is 24.9. The molecule has 1 fully saturated rings. The number of thiazole rings is 1. The van der Waals surface area contributed by atoms with Crippen molar-refractivity contribution in [3.63, 3.8) is 0 Å². The van der Waals surface area contributed by atoms with Gasteiger partial charge >= 0.3 is 35.5 Å². The molecule has 0 atom stereocenters. The van der Waals surface area contributed by atoms with E-state index in [0.717, 1.165) is 52.2 Å². The van der Waals surface area contributed by atoms with Crippen LogP contribution in [0.25, 0.3) is 11.3 Å². The zero-order valence-corrected chi connectivity index (χ0v) is 21.1. The van der Waals surface area contributed by atoms with E-state index in [4.69, 9.17) is 14.1 Å². The first kappa shape index (κ1) is 27.5. The van der Waals surface area contributed by atoms with Crippen LogP contribution in [0.3, 0.4) is 0 Å². The predicted octanol–water partition coefficient (Wildman–Crippen LogP) is 6.62. The van der Waals surface area contributed by atoms with Crippen LogP contribution < -0.4 is 9.64 Å². The van der Waals surface area contributed by atoms with Crippen molar-refractivity contribution in [3.8, 4) is 17.0 Å². The van der Waals surface area contributed by atoms with Crippen LogP contribution in [0.4, 0.5) is 5.13 Å². The Morgan fingerprint density at radius 2 is 1.86 bits per heavy atom. The maximum absolute atomic E-state index is 11.4. The molecule has 0 saturated heterocycles. The van der Waals surface area contributed by atoms with Crippen LogP contribution in [-0.4, -0.2) is 51.7 Å². The molecule has 2 aromatic heterocycles. The molecule has 0 radical (unpaired) electrons. The Morgan fingerprint density at radius 1 is 1.08 bits per heavy atom. The van der Waals surface area contributed by atoms with Gasteiger partial charge in [-0.15, -0.1) is 11.3 Å². The number of rotatable bonds is 9. The molecule has 1 N–H and O–H groups in total. The molecule has 37 heavy (non-hydrogen) atoms. The van der Waals surface area contributed by atoms with Crippen LogP contribution in [0.1, 0.15) is 54.3 Å². The zero-order valence-electron chi connectivity index (χ0n) is 20.3. The quantitative estimate of drug-likeness (QED) is 0.247. The summed E-state index contributed by atoms with van der Waals surface area (Å²) in [4.78, 5) is 18.4. The van der Waals surface area contributed by atoms with Crippen molar-refractivity contribution in [3.05, 3.63) is 89.2 Å². The van der Waals surface area contributed by atoms with Crippen molar-refractivity contribution in [2.75, 3.05) is 4.90 Å². The Kier molecular flexibility index (Phi) is 9.49. The van der Waals surface area contributed by atoms with E-state index in [0.29, 0.717) is 19.2 Å². The molecule has 0 bridgehead atoms. The van der Waals surface area contributed by atoms with Crippen LogP contribution in [0, 0.1) is 5.92 Å². The van der Waals surface area contributed by atoms with Gasteiger partial charge in [0.2, 0.25) is 0 Å². The van der Waals surface area contributed by atoms with Crippen molar-refractivity contribution in [2.24, 2.45) is 5.92 Å². The van der Waals surface area contributed by atoms with E-state index in [1.54, 1.807) is 35.8 Å². The van der Waals surface area contributed by atoms with E-state index >= 15 is 0 Å². The van der Waals surface area contributed by atoms with Gasteiger partial charge in [0.05, 0.1) is 30.2 Å². The summed E-state index contributed by atoms with van der Waals surface area (Å²) in [6.45, 7) is 3.36. The SMILES string of the molecule is CC1CCC(Oc2ccc(-c3csc(N(Cc4cccc(C(=O)O)c4)Cc4ccco4)n3)cc2)CC1.[NaH]. The van der Waals surface area contributed by atoms with E-state index in [2.05, 4.69) is 29.3 Å². The molecule has 5 rings (SSSR count). The van der Waals surface area contributed by atoms with Gasteiger partial charge in [-0.25, -0.2) is 9.78 Å². The Morgan fingerprint density at radius 3 is 2.57 bits per heavy atom. The van der Waals surface area contributed by atoms with Gasteiger partial charge in [-0.2, -0.15) is 0 Å². The summed E-state index contributed by atoms with van der Waals surface area (Å²) in [6, 6.07) is 19.0. The molecule has 1 aliphatic carbocycles. The summed E-state index contributed by atoms with van der Waals surface area (Å²) in [6.07, 6.45) is 6.69. The van der Waals surface area contributed by atoms with Crippen molar-refractivity contribution in [1.82, 2.24) is 4.98 Å². The average Bonchev–Trinajstić information content (AvgIpc) is 3.58. The molecule has 2 heterocycles. The molecule has 0 aliphatic heterocycles. The molecule has 2 aromatic carbocycles. The van der Waals surface area contributed by atoms with Crippen LogP contribution in [-0.2, 0) is 13.1 Å². The van der Waals surface area contributed by atoms with Crippen LogP contribution in [0.2, 0.25) is 0 Å². The van der Waals surface area contributed by atoms with Crippen LogP contribution in [0.15, 0.2) is 76.7 Å². The summed E-state index contributed by atoms with van der Waals surface area (Å²) in [5, 5.41) is 12.3. The summed E-state index contributed by atoms with van der Waals surface area (Å²) in [7, 11) is 0. The number of hydrogen-bond donors (Lipinski definition) is 1. The van der Waals surface area contributed by atoms with E-state index in [1.807, 2.05) is 30.3 Å². The van der Waals surface area contributed by atoms with Gasteiger partial charge in [-0.3, -0.25) is 0 Å². The monoisotopic (exact) mass is 526 g/mol. The number of aromatic carboxylic acids is 1. The second kappa shape index (κ2) is 12.8. The summed E-state index contributed by atoms with van der Waals surface area (Å²) < 4.78 is 11.8. The van der Waals surface area contributed by atoms with Gasteiger partial charge < -0.3 is 19.2 Å². The number of carboxylic acid groups (broad SMARTS) is 1. The van der Waals surface area contributed by atoms with E-state index in [1.165, 1.54) is 12.8 Å². The third-order valence-electron chi connectivity index (χ3n) is 6.65. The van der Waals surface area contributed by atoms with Crippen molar-refractivity contribution in [1.29, 1.82) is 0 Å². The number of aromatic nitrogens is 1. The molecule has 1 aliphatic rings. The van der Waals surface area contributed by atoms with Crippen LogP contribution in [0.5, 0.6) is 5.75 Å². The minimum absolute atomic E-state index is 0. The number of ether oxygens (including phenoxy) is 1. The summed E-state index contributed by atoms with van der Waals surface area (Å²) in [5.41, 5.74) is 3.11. The number of anilines is 1. The average molecular weight is 527 g/mol. The first-order valence-corrected chi connectivity index (χ1v) is 13.2. The second-order valence-corrected chi connectivity index (χ2v) is 10.3. The number of carboxylic acids is 1. The molecular formula is C29H31N2NaO4S. The fraction of sp³-hybridized carbons (Fsp3) is 0.310. The fourth-order valence-corrected chi connectivity index (χ4v) is 5.43. The third-order valence-corrected chi connectivity index (χ3v) is 7.55. The number of furan rings is 1. The molecule has 6 nitrogen and oxygen atoms in total. The molecule has 0 unspecified atom stereocenters. The minimum atomic E-state index is -0.934. The molecule has 8 heteroatoms. The van der Waals surface area contributed by atoms with Gasteiger partial charge in [0.15, 0.2) is 5.13 Å². The fourth-order valence-electron chi connectivity index (χ4n) is 4.59. The molecule has 0 spiro atoms. The first-order chi connectivity index (χ1) is 17.5. The maximum atomic E-state index is 11.4. The Hall–Kier alpha value is -2.58. The Labute approximate surface area is 243 Å². The molecular weight excluding hydrogens is 495 g/mol. The van der Waals surface area contributed by atoms with Crippen LogP contribution >= 0.6 is 11.3 Å². The van der Waals surface area contributed by atoms with Crippen molar-refractivity contribution in [2.45, 2.75) is 51.8 Å². The van der Waals surface area contributed by atoms with Gasteiger partial charge in [0.1, 0.15) is 11.5 Å². The third kappa shape index (κ3) is 7.26. The standard InChI is InChI=1S/C29H30N2O4S.Na.H/c1-20-7-11-24(12-8-20)35-25-13-9-22(10-14-25)27-19-36-29(30-27)31(18-26-6-3-15-34-26)17-21-4-2-5-23(16-21)28(32)33;;/h2-6,9-10,13-16,19-20,24H,7-8,11-12,17-18H2,1H3,(H,32,33);;. The number of benzene rings is 2. The molecule has 0 amide bonds. The Bertz CT molecular complexity index is 1280. The topological polar surface area (TPSA) is 75.8 Å². The number of nitrogens with zero attached hydrogens (tertiary/aromatic N) is 2. The van der Waals surface area contributed by atoms with E-state index < -0.39 is 5.97 Å². The van der Waals surface area contributed by atoms with E-state index in [-0.39, 0.29) is 35.1 Å². The summed E-state index contributed by atoms with van der Waals surface area (Å²) in [5.74, 6) is 1.60. The number of hydrogen-bond acceptors (Lipinski definition) is 6. The molecule has 188 valence electrons. The van der Waals surface area contributed by atoms with Crippen molar-refractivity contribution >= 4 is 52.0 Å². The molecule has 1 saturated carbocycles.